The molecule has 0 spiro atoms. The summed E-state index contributed by atoms with van der Waals surface area (Å²) in [6.45, 7) is 4.48. The maximum absolute atomic E-state index is 3.27. The van der Waals surface area contributed by atoms with Crippen molar-refractivity contribution in [2.45, 2.75) is 77.6 Å². The van der Waals surface area contributed by atoms with Gasteiger partial charge in [-0.1, -0.05) is 81.0 Å². The van der Waals surface area contributed by atoms with Crippen molar-refractivity contribution in [1.29, 1.82) is 0 Å². The molecule has 1 aliphatic carbocycles. The Labute approximate surface area is 178 Å². The van der Waals surface area contributed by atoms with Gasteiger partial charge in [-0.3, -0.25) is 0 Å². The monoisotopic (exact) mass is 384 g/mol. The second-order valence-electron chi connectivity index (χ2n) is 8.53. The van der Waals surface area contributed by atoms with Gasteiger partial charge in [-0.2, -0.15) is 0 Å². The van der Waals surface area contributed by atoms with Crippen molar-refractivity contribution >= 4 is 0 Å². The van der Waals surface area contributed by atoms with E-state index >= 15 is 0 Å². The molecule has 3 rings (SSSR count). The fourth-order valence-electron chi connectivity index (χ4n) is 4.33. The predicted molar refractivity (Wildman–Crippen MR) is 126 cm³/mol. The Balaban J connectivity index is 1.45. The quantitative estimate of drug-likeness (QED) is 0.426. The second-order valence-corrected chi connectivity index (χ2v) is 8.53. The molecule has 2 aromatic rings. The van der Waals surface area contributed by atoms with Crippen molar-refractivity contribution in [2.24, 2.45) is 5.92 Å². The van der Waals surface area contributed by atoms with E-state index in [1.54, 1.807) is 5.56 Å². The van der Waals surface area contributed by atoms with Gasteiger partial charge in [0, 0.05) is 5.56 Å². The van der Waals surface area contributed by atoms with Gasteiger partial charge in [0.2, 0.25) is 0 Å². The lowest BCUT2D eigenvalue weighted by atomic mass is 9.78. The smallest absolute Gasteiger partial charge is 0.0249 e. The van der Waals surface area contributed by atoms with E-state index in [-0.39, 0.29) is 0 Å². The number of hydrogen-bond donors (Lipinski definition) is 0. The van der Waals surface area contributed by atoms with Crippen LogP contribution in [0, 0.1) is 17.8 Å². The number of hydrogen-bond acceptors (Lipinski definition) is 0. The molecule has 0 nitrogen and oxygen atoms in total. The Hall–Kier alpha value is -2.26. The molecular weight excluding hydrogens is 348 g/mol. The van der Waals surface area contributed by atoms with Crippen molar-refractivity contribution in [1.82, 2.24) is 0 Å². The van der Waals surface area contributed by atoms with Crippen LogP contribution in [-0.4, -0.2) is 0 Å². The van der Waals surface area contributed by atoms with Gasteiger partial charge >= 0.3 is 0 Å². The highest BCUT2D eigenvalue weighted by atomic mass is 14.3. The van der Waals surface area contributed by atoms with Crippen molar-refractivity contribution in [2.75, 3.05) is 0 Å². The molecule has 1 saturated carbocycles. The molecule has 0 radical (unpaired) electrons. The van der Waals surface area contributed by atoms with Crippen molar-refractivity contribution < 1.29 is 0 Å². The minimum absolute atomic E-state index is 0.691. The standard InChI is InChI=1S/C29H36/c1-3-5-9-25-16-20-28(21-17-25)29-22-18-27(19-23-29)11-7-6-10-26-14-12-24(8-4-2)13-15-26/h7,11-17,20-21,27,29H,3-5,8-9,18-19,22-23H2,1-2H3. The summed E-state index contributed by atoms with van der Waals surface area (Å²) in [6.07, 6.45) is 15.7. The van der Waals surface area contributed by atoms with Crippen LogP contribution >= 0.6 is 0 Å². The number of aryl methyl sites for hydroxylation is 2. The molecule has 0 aliphatic heterocycles. The zero-order valence-corrected chi connectivity index (χ0v) is 18.3. The zero-order valence-electron chi connectivity index (χ0n) is 18.3. The molecule has 0 amide bonds. The topological polar surface area (TPSA) is 0 Å². The Morgan fingerprint density at radius 3 is 2.10 bits per heavy atom. The Kier molecular flexibility index (Phi) is 8.63. The van der Waals surface area contributed by atoms with Crippen LogP contribution in [-0.2, 0) is 12.8 Å². The van der Waals surface area contributed by atoms with Crippen molar-refractivity contribution in [3.05, 3.63) is 82.9 Å². The minimum atomic E-state index is 0.691. The van der Waals surface area contributed by atoms with Crippen LogP contribution in [0.3, 0.4) is 0 Å². The molecule has 1 fully saturated rings. The first-order valence-electron chi connectivity index (χ1n) is 11.6. The molecule has 2 aromatic carbocycles. The van der Waals surface area contributed by atoms with Gasteiger partial charge in [0.05, 0.1) is 0 Å². The summed E-state index contributed by atoms with van der Waals surface area (Å²) in [5, 5.41) is 0. The normalized spacial score (nSPS) is 19.1. The maximum Gasteiger partial charge on any atom is 0.0249 e. The summed E-state index contributed by atoms with van der Waals surface area (Å²) in [6, 6.07) is 18.1. The first-order valence-corrected chi connectivity index (χ1v) is 11.6. The Morgan fingerprint density at radius 1 is 0.793 bits per heavy atom. The summed E-state index contributed by atoms with van der Waals surface area (Å²) in [5.41, 5.74) is 5.55. The molecule has 152 valence electrons. The highest BCUT2D eigenvalue weighted by Crippen LogP contribution is 2.36. The summed E-state index contributed by atoms with van der Waals surface area (Å²) in [7, 11) is 0. The number of unbranched alkanes of at least 4 members (excludes halogenated alkanes) is 1. The third-order valence-electron chi connectivity index (χ3n) is 6.20. The van der Waals surface area contributed by atoms with E-state index < -0.39 is 0 Å². The molecule has 1 aliphatic rings. The van der Waals surface area contributed by atoms with Crippen molar-refractivity contribution in [3.8, 4) is 11.8 Å². The average Bonchev–Trinajstić information content (AvgIpc) is 2.77. The predicted octanol–water partition coefficient (Wildman–Crippen LogP) is 7.86. The molecule has 29 heavy (non-hydrogen) atoms. The lowest BCUT2D eigenvalue weighted by molar-refractivity contribution is 0.376. The van der Waals surface area contributed by atoms with Crippen LogP contribution in [0.4, 0.5) is 0 Å². The molecule has 0 unspecified atom stereocenters. The molecule has 0 saturated heterocycles. The maximum atomic E-state index is 3.27. The second kappa shape index (κ2) is 11.7. The lowest BCUT2D eigenvalue weighted by Crippen LogP contribution is -2.11. The van der Waals surface area contributed by atoms with Crippen LogP contribution in [0.1, 0.15) is 87.0 Å². The van der Waals surface area contributed by atoms with Gasteiger partial charge < -0.3 is 0 Å². The highest BCUT2D eigenvalue weighted by Gasteiger charge is 2.20. The summed E-state index contributed by atoms with van der Waals surface area (Å²) >= 11 is 0. The summed E-state index contributed by atoms with van der Waals surface area (Å²) in [5.74, 6) is 7.94. The lowest BCUT2D eigenvalue weighted by Gasteiger charge is -2.27. The van der Waals surface area contributed by atoms with E-state index in [2.05, 4.69) is 86.4 Å². The highest BCUT2D eigenvalue weighted by molar-refractivity contribution is 5.38. The van der Waals surface area contributed by atoms with E-state index in [9.17, 15) is 0 Å². The minimum Gasteiger partial charge on any atom is -0.0730 e. The Morgan fingerprint density at radius 2 is 1.45 bits per heavy atom. The van der Waals surface area contributed by atoms with Crippen LogP contribution in [0.5, 0.6) is 0 Å². The van der Waals surface area contributed by atoms with Crippen LogP contribution < -0.4 is 0 Å². The number of allylic oxidation sites excluding steroid dienone is 2. The number of rotatable bonds is 7. The largest absolute Gasteiger partial charge is 0.0730 e. The molecule has 0 heteroatoms. The van der Waals surface area contributed by atoms with Gasteiger partial charge in [0.15, 0.2) is 0 Å². The molecule has 0 bridgehead atoms. The fraction of sp³-hybridized carbons (Fsp3) is 0.448. The van der Waals surface area contributed by atoms with E-state index in [1.807, 2.05) is 0 Å². The molecule has 0 heterocycles. The van der Waals surface area contributed by atoms with E-state index in [0.29, 0.717) is 5.92 Å². The third-order valence-corrected chi connectivity index (χ3v) is 6.20. The molecular formula is C29H36. The van der Waals surface area contributed by atoms with Crippen molar-refractivity contribution in [3.63, 3.8) is 0 Å². The number of benzene rings is 2. The van der Waals surface area contributed by atoms with Crippen LogP contribution in [0.2, 0.25) is 0 Å². The van der Waals surface area contributed by atoms with Gasteiger partial charge in [0.1, 0.15) is 0 Å². The third kappa shape index (κ3) is 6.93. The average molecular weight is 385 g/mol. The molecule has 0 aromatic heterocycles. The fourth-order valence-corrected chi connectivity index (χ4v) is 4.33. The Bertz CT molecular complexity index is 803. The summed E-state index contributed by atoms with van der Waals surface area (Å²) in [4.78, 5) is 0. The SMILES string of the molecule is CCCCc1ccc(C2CCC(C=CC#Cc3ccc(CCC)cc3)CC2)cc1. The first-order chi connectivity index (χ1) is 14.3. The summed E-state index contributed by atoms with van der Waals surface area (Å²) < 4.78 is 0. The van der Waals surface area contributed by atoms with E-state index in [4.69, 9.17) is 0 Å². The van der Waals surface area contributed by atoms with Crippen LogP contribution in [0.25, 0.3) is 0 Å². The van der Waals surface area contributed by atoms with Gasteiger partial charge in [-0.25, -0.2) is 0 Å². The molecule has 0 N–H and O–H groups in total. The van der Waals surface area contributed by atoms with Gasteiger partial charge in [-0.15, -0.1) is 0 Å². The molecule has 0 atom stereocenters. The zero-order chi connectivity index (χ0) is 20.3. The van der Waals surface area contributed by atoms with Gasteiger partial charge in [0.25, 0.3) is 0 Å². The van der Waals surface area contributed by atoms with Crippen LogP contribution in [0.15, 0.2) is 60.7 Å². The van der Waals surface area contributed by atoms with E-state index in [0.717, 1.165) is 17.9 Å². The van der Waals surface area contributed by atoms with E-state index in [1.165, 1.54) is 62.5 Å². The van der Waals surface area contributed by atoms with Gasteiger partial charge in [-0.05, 0) is 91.7 Å². The first kappa shape index (κ1) is 21.4.